The Hall–Kier alpha value is -14.0. The highest BCUT2D eigenvalue weighted by molar-refractivity contribution is 5.84. The van der Waals surface area contributed by atoms with Crippen LogP contribution in [0.5, 0.6) is 0 Å². The molecule has 139 heavy (non-hydrogen) atoms. The smallest absolute Gasteiger partial charge is 0.0120 e. The highest BCUT2D eigenvalue weighted by atomic mass is 14.2. The number of benzene rings is 18. The summed E-state index contributed by atoms with van der Waals surface area (Å²) in [5.41, 5.74) is 72.6. The van der Waals surface area contributed by atoms with Crippen LogP contribution in [0.3, 0.4) is 0 Å². The Labute approximate surface area is 836 Å². The van der Waals surface area contributed by atoms with E-state index in [-0.39, 0.29) is 0 Å². The van der Waals surface area contributed by atoms with Crippen molar-refractivity contribution < 1.29 is 0 Å². The molecule has 0 unspecified atom stereocenters. The molecule has 18 aromatic carbocycles. The maximum absolute atomic E-state index is 2.37. The monoisotopic (exact) mass is 1820 g/mol. The molecular formula is C139H146. The van der Waals surface area contributed by atoms with E-state index >= 15 is 0 Å². The van der Waals surface area contributed by atoms with Crippen molar-refractivity contribution in [2.45, 2.75) is 215 Å². The van der Waals surface area contributed by atoms with Gasteiger partial charge in [-0.1, -0.05) is 380 Å². The maximum atomic E-state index is 2.37. The molecule has 0 saturated carbocycles. The van der Waals surface area contributed by atoms with Crippen LogP contribution in [0.4, 0.5) is 0 Å². The fourth-order valence-electron chi connectivity index (χ4n) is 20.7. The maximum Gasteiger partial charge on any atom is -0.0120 e. The summed E-state index contributed by atoms with van der Waals surface area (Å²) in [4.78, 5) is 0. The summed E-state index contributed by atoms with van der Waals surface area (Å²) in [6.45, 7) is 67.7. The van der Waals surface area contributed by atoms with E-state index in [4.69, 9.17) is 0 Å². The lowest BCUT2D eigenvalue weighted by Crippen LogP contribution is -2.00. The predicted octanol–water partition coefficient (Wildman–Crippen LogP) is 39.7. The van der Waals surface area contributed by atoms with Gasteiger partial charge >= 0.3 is 0 Å². The van der Waals surface area contributed by atoms with Gasteiger partial charge < -0.3 is 0 Å². The zero-order valence-corrected chi connectivity index (χ0v) is 89.1. The van der Waals surface area contributed by atoms with Crippen molar-refractivity contribution in [3.8, 4) is 134 Å². The van der Waals surface area contributed by atoms with Crippen molar-refractivity contribution in [3.63, 3.8) is 0 Å². The number of rotatable bonds is 12. The summed E-state index contributed by atoms with van der Waals surface area (Å²) in [5, 5.41) is 0. The summed E-state index contributed by atoms with van der Waals surface area (Å²) in [6, 6.07) is 119. The van der Waals surface area contributed by atoms with Crippen LogP contribution in [0.15, 0.2) is 322 Å². The van der Waals surface area contributed by atoms with Crippen LogP contribution >= 0.6 is 0 Å². The van der Waals surface area contributed by atoms with Gasteiger partial charge in [0.1, 0.15) is 0 Å². The van der Waals surface area contributed by atoms with Gasteiger partial charge in [0.15, 0.2) is 0 Å². The van der Waals surface area contributed by atoms with Crippen LogP contribution in [0.2, 0.25) is 0 Å². The molecular weight excluding hydrogens is 1670 g/mol. The molecule has 0 bridgehead atoms. The average Bonchev–Trinajstić information content (AvgIpc) is 0.771. The van der Waals surface area contributed by atoms with E-state index in [1.165, 1.54) is 306 Å². The lowest BCUT2D eigenvalue weighted by Gasteiger charge is -2.20. The van der Waals surface area contributed by atoms with Gasteiger partial charge in [-0.3, -0.25) is 0 Å². The number of hydrogen-bond donors (Lipinski definition) is 0. The third-order valence-corrected chi connectivity index (χ3v) is 26.8. The van der Waals surface area contributed by atoms with E-state index in [1.54, 1.807) is 0 Å². The molecule has 0 aliphatic heterocycles. The Morgan fingerprint density at radius 1 is 0.0935 bits per heavy atom. The van der Waals surface area contributed by atoms with Crippen LogP contribution < -0.4 is 0 Å². The zero-order chi connectivity index (χ0) is 100. The van der Waals surface area contributed by atoms with E-state index < -0.39 is 0 Å². The van der Waals surface area contributed by atoms with Crippen LogP contribution in [-0.2, 0) is 0 Å². The highest BCUT2D eigenvalue weighted by Crippen LogP contribution is 2.42. The van der Waals surface area contributed by atoms with Crippen LogP contribution in [0.1, 0.15) is 172 Å². The molecule has 0 aliphatic rings. The van der Waals surface area contributed by atoms with Crippen LogP contribution in [0, 0.1) is 215 Å². The minimum atomic E-state index is 1.28. The largest absolute Gasteiger partial charge is 0.0620 e. The first-order valence-electron chi connectivity index (χ1n) is 49.6. The summed E-state index contributed by atoms with van der Waals surface area (Å²) < 4.78 is 0. The molecule has 0 aromatic heterocycles. The SMILES string of the molecule is Cc1cc(C)cc(-c2cc(C)cc(-c3c(C)c(C)c(C)c(C)c3C)c2)c1.Cc1cc(C)cc(-c2cc(C)cc(-c3c(C)cc(C)cc3C)c2)c1.Cc1cc(C)cc(-c2cc(C)cc(-c3cc(C)cc(C)c3)c2)c1.Cc1cc(C)cc(-c2cc(C)cc(-c3ccccc3C)c2)c1.Cc1ccc(-c2cc(C)cc(-c3cc(C)cc(C)c3)c2)cc1.Cc1cccc(-c2cc(C)cc(-c3cc(C)cc(C)c3)c2)c1. The topological polar surface area (TPSA) is 0 Å². The Morgan fingerprint density at radius 2 is 0.288 bits per heavy atom. The van der Waals surface area contributed by atoms with E-state index in [0.717, 1.165) is 0 Å². The van der Waals surface area contributed by atoms with Gasteiger partial charge in [-0.05, 0) is 462 Å². The van der Waals surface area contributed by atoms with Gasteiger partial charge in [-0.15, -0.1) is 0 Å². The first-order valence-corrected chi connectivity index (χ1v) is 49.6. The number of hydrogen-bond acceptors (Lipinski definition) is 0. The summed E-state index contributed by atoms with van der Waals surface area (Å²) >= 11 is 0. The molecule has 0 spiro atoms. The molecule has 0 amide bonds. The molecule has 18 aromatic rings. The molecule has 18 rings (SSSR count). The molecule has 0 heteroatoms. The second kappa shape index (κ2) is 45.1. The fourth-order valence-corrected chi connectivity index (χ4v) is 20.7. The Balaban J connectivity index is 0.000000141. The van der Waals surface area contributed by atoms with Crippen molar-refractivity contribution >= 4 is 0 Å². The first-order chi connectivity index (χ1) is 66.0. The van der Waals surface area contributed by atoms with E-state index in [0.29, 0.717) is 0 Å². The van der Waals surface area contributed by atoms with Crippen LogP contribution in [0.25, 0.3) is 134 Å². The molecule has 0 heterocycles. The Morgan fingerprint density at radius 3 is 0.561 bits per heavy atom. The second-order valence-corrected chi connectivity index (χ2v) is 41.0. The third kappa shape index (κ3) is 27.1. The average molecular weight is 1820 g/mol. The van der Waals surface area contributed by atoms with Crippen molar-refractivity contribution in [2.24, 2.45) is 0 Å². The highest BCUT2D eigenvalue weighted by Gasteiger charge is 2.19. The third-order valence-electron chi connectivity index (χ3n) is 26.8. The van der Waals surface area contributed by atoms with E-state index in [2.05, 4.69) is 536 Å². The summed E-state index contributed by atoms with van der Waals surface area (Å²) in [5.74, 6) is 0. The molecule has 0 atom stereocenters. The lowest BCUT2D eigenvalue weighted by atomic mass is 9.85. The summed E-state index contributed by atoms with van der Waals surface area (Å²) in [6.07, 6.45) is 0. The Bertz CT molecular complexity index is 7300. The van der Waals surface area contributed by atoms with Crippen molar-refractivity contribution in [2.75, 3.05) is 0 Å². The van der Waals surface area contributed by atoms with Gasteiger partial charge in [0.05, 0.1) is 0 Å². The van der Waals surface area contributed by atoms with Gasteiger partial charge in [0.25, 0.3) is 0 Å². The standard InChI is InChI=1S/C26H30.C24H26.C23H24.3C22H22/c1-15-9-16(2)11-23(10-15)24-12-17(3)13-25(14-24)26-21(7)19(5)18(4)20(6)22(26)8;1-15-7-16(2)11-21(10-15)22-12-18(4)13-23(14-22)24-19(5)8-17(3)9-20(24)6;1-15-6-16(2)9-20(8-15)22-12-19(5)13-23(14-22)21-10-17(3)7-18(4)11-21;1-15-5-7-19(8-6-15)21-12-18(4)13-22(14-21)20-10-16(2)9-17(3)11-20;1-15-6-5-7-19(9-15)21-12-18(4)13-22(14-21)20-10-16(2)8-17(3)11-20;1-15-9-16(2)11-19(10-15)20-12-17(3)13-21(14-20)22-8-6-5-7-18(22)4/h9-14H,1-8H3;7-14H,1-6H3;6-14H,1-5H3;3*5-14H,1-4H3. The number of aryl methyl sites for hydroxylation is 26. The summed E-state index contributed by atoms with van der Waals surface area (Å²) in [7, 11) is 0. The van der Waals surface area contributed by atoms with Gasteiger partial charge in [-0.2, -0.15) is 0 Å². The normalized spacial score (nSPS) is 10.8. The lowest BCUT2D eigenvalue weighted by molar-refractivity contribution is 1.18. The quantitative estimate of drug-likeness (QED) is 0.114. The van der Waals surface area contributed by atoms with Crippen molar-refractivity contribution in [1.82, 2.24) is 0 Å². The minimum Gasteiger partial charge on any atom is -0.0620 e. The van der Waals surface area contributed by atoms with Crippen molar-refractivity contribution in [1.29, 1.82) is 0 Å². The van der Waals surface area contributed by atoms with Gasteiger partial charge in [0.2, 0.25) is 0 Å². The fraction of sp³-hybridized carbons (Fsp3) is 0.223. The second-order valence-electron chi connectivity index (χ2n) is 41.0. The van der Waals surface area contributed by atoms with Crippen LogP contribution in [-0.4, -0.2) is 0 Å². The first kappa shape index (κ1) is 102. The van der Waals surface area contributed by atoms with E-state index in [1.807, 2.05) is 0 Å². The molecule has 0 saturated heterocycles. The Kier molecular flexibility index (Phi) is 33.2. The van der Waals surface area contributed by atoms with Gasteiger partial charge in [0, 0.05) is 0 Å². The minimum absolute atomic E-state index is 1.28. The molecule has 0 aliphatic carbocycles. The predicted molar refractivity (Wildman–Crippen MR) is 611 cm³/mol. The van der Waals surface area contributed by atoms with E-state index in [9.17, 15) is 0 Å². The van der Waals surface area contributed by atoms with Gasteiger partial charge in [-0.25, -0.2) is 0 Å². The molecule has 0 fully saturated rings. The molecule has 0 radical (unpaired) electrons. The molecule has 0 nitrogen and oxygen atoms in total. The molecule has 0 N–H and O–H groups in total. The molecule has 702 valence electrons. The van der Waals surface area contributed by atoms with Crippen molar-refractivity contribution in [3.05, 3.63) is 494 Å². The zero-order valence-electron chi connectivity index (χ0n) is 89.1.